The molecule has 1 nitrogen and oxygen atoms in total. The third kappa shape index (κ3) is 2.13. The third-order valence-corrected chi connectivity index (χ3v) is 9.99. The maximum atomic E-state index is 11.9. The van der Waals surface area contributed by atoms with E-state index in [0.29, 0.717) is 11.3 Å². The Morgan fingerprint density at radius 1 is 0.808 bits per heavy atom. The zero-order valence-electron chi connectivity index (χ0n) is 16.7. The Morgan fingerprint density at radius 3 is 2.38 bits per heavy atom. The van der Waals surface area contributed by atoms with Crippen LogP contribution in [0.5, 0.6) is 0 Å². The van der Waals surface area contributed by atoms with Crippen molar-refractivity contribution in [3.05, 3.63) is 35.9 Å². The SMILES string of the molecule is C[C@]12CCCC[C@@H]1CC[C@@H]1[C@@H]2CC[C@@]2(C)[C@H]1CC[C@@]2(O)c1ccccc1. The molecule has 4 fully saturated rings. The van der Waals surface area contributed by atoms with Crippen LogP contribution in [0.1, 0.15) is 83.6 Å². The average molecular weight is 353 g/mol. The van der Waals surface area contributed by atoms with Gasteiger partial charge in [0, 0.05) is 5.41 Å². The van der Waals surface area contributed by atoms with Crippen LogP contribution in [0.2, 0.25) is 0 Å². The summed E-state index contributed by atoms with van der Waals surface area (Å²) in [5, 5.41) is 11.9. The standard InChI is InChI=1S/C25H36O/c1-23-15-7-6-8-18(23)11-12-20-21(23)13-16-24(2)22(20)14-17-25(24,26)19-9-4-3-5-10-19/h3-5,9-10,18,20-22,26H,6-8,11-17H2,1-2H3/t18-,20-,21+,22+,23+,24+,25-/m1/s1. The van der Waals surface area contributed by atoms with Gasteiger partial charge in [-0.1, -0.05) is 57.0 Å². The molecule has 0 spiro atoms. The number of benzene rings is 1. The summed E-state index contributed by atoms with van der Waals surface area (Å²) in [7, 11) is 0. The van der Waals surface area contributed by atoms with E-state index in [1.165, 1.54) is 63.4 Å². The van der Waals surface area contributed by atoms with E-state index in [1.807, 2.05) is 0 Å². The maximum Gasteiger partial charge on any atom is 0.0952 e. The van der Waals surface area contributed by atoms with Gasteiger partial charge < -0.3 is 5.11 Å². The van der Waals surface area contributed by atoms with Crippen molar-refractivity contribution >= 4 is 0 Å². The van der Waals surface area contributed by atoms with E-state index in [2.05, 4.69) is 44.2 Å². The first-order chi connectivity index (χ1) is 12.5. The highest BCUT2D eigenvalue weighted by atomic mass is 16.3. The summed E-state index contributed by atoms with van der Waals surface area (Å²) >= 11 is 0. The predicted molar refractivity (Wildman–Crippen MR) is 107 cm³/mol. The molecule has 142 valence electrons. The van der Waals surface area contributed by atoms with E-state index < -0.39 is 5.60 Å². The summed E-state index contributed by atoms with van der Waals surface area (Å²) in [4.78, 5) is 0. The Morgan fingerprint density at radius 2 is 1.58 bits per heavy atom. The van der Waals surface area contributed by atoms with Crippen molar-refractivity contribution in [2.45, 2.75) is 83.7 Å². The molecule has 4 aliphatic rings. The van der Waals surface area contributed by atoms with Gasteiger partial charge in [0.25, 0.3) is 0 Å². The van der Waals surface area contributed by atoms with Crippen molar-refractivity contribution in [1.29, 1.82) is 0 Å². The van der Waals surface area contributed by atoms with E-state index in [4.69, 9.17) is 0 Å². The average Bonchev–Trinajstić information content (AvgIpc) is 2.94. The number of rotatable bonds is 1. The summed E-state index contributed by atoms with van der Waals surface area (Å²) in [5.41, 5.74) is 1.21. The van der Waals surface area contributed by atoms with Crippen molar-refractivity contribution in [1.82, 2.24) is 0 Å². The van der Waals surface area contributed by atoms with Crippen LogP contribution in [-0.2, 0) is 5.60 Å². The van der Waals surface area contributed by atoms with Gasteiger partial charge in [-0.25, -0.2) is 0 Å². The van der Waals surface area contributed by atoms with E-state index in [-0.39, 0.29) is 5.41 Å². The van der Waals surface area contributed by atoms with Gasteiger partial charge in [0.05, 0.1) is 5.60 Å². The molecule has 0 saturated heterocycles. The molecule has 1 N–H and O–H groups in total. The second-order valence-corrected chi connectivity index (χ2v) is 10.6. The van der Waals surface area contributed by atoms with Gasteiger partial charge in [-0.3, -0.25) is 0 Å². The summed E-state index contributed by atoms with van der Waals surface area (Å²) in [5.74, 6) is 3.46. The van der Waals surface area contributed by atoms with Crippen LogP contribution < -0.4 is 0 Å². The zero-order chi connectivity index (χ0) is 18.0. The molecule has 0 amide bonds. The Hall–Kier alpha value is -0.820. The fourth-order valence-electron chi connectivity index (χ4n) is 8.50. The zero-order valence-corrected chi connectivity index (χ0v) is 16.7. The fourth-order valence-corrected chi connectivity index (χ4v) is 8.50. The molecule has 1 heteroatoms. The van der Waals surface area contributed by atoms with Gasteiger partial charge in [-0.2, -0.15) is 0 Å². The minimum Gasteiger partial charge on any atom is -0.385 e. The van der Waals surface area contributed by atoms with E-state index in [9.17, 15) is 5.11 Å². The Bertz CT molecular complexity index is 668. The molecule has 0 heterocycles. The molecule has 4 saturated carbocycles. The van der Waals surface area contributed by atoms with Crippen LogP contribution in [0.3, 0.4) is 0 Å². The summed E-state index contributed by atoms with van der Waals surface area (Å²) in [6.07, 6.45) is 13.5. The molecule has 0 aliphatic heterocycles. The van der Waals surface area contributed by atoms with Crippen molar-refractivity contribution < 1.29 is 5.11 Å². The molecule has 0 aromatic heterocycles. The molecule has 0 radical (unpaired) electrons. The molecule has 1 aromatic rings. The minimum absolute atomic E-state index is 0.0629. The minimum atomic E-state index is -0.617. The van der Waals surface area contributed by atoms with Crippen LogP contribution >= 0.6 is 0 Å². The maximum absolute atomic E-state index is 11.9. The molecule has 5 rings (SSSR count). The number of aliphatic hydroxyl groups is 1. The van der Waals surface area contributed by atoms with Gasteiger partial charge in [0.15, 0.2) is 0 Å². The topological polar surface area (TPSA) is 20.2 Å². The molecule has 0 bridgehead atoms. The lowest BCUT2D eigenvalue weighted by atomic mass is 9.44. The molecule has 7 atom stereocenters. The highest BCUT2D eigenvalue weighted by Gasteiger charge is 2.64. The lowest BCUT2D eigenvalue weighted by Gasteiger charge is -2.61. The highest BCUT2D eigenvalue weighted by Crippen LogP contribution is 2.69. The highest BCUT2D eigenvalue weighted by molar-refractivity contribution is 5.29. The first-order valence-corrected chi connectivity index (χ1v) is 11.3. The second-order valence-electron chi connectivity index (χ2n) is 10.6. The van der Waals surface area contributed by atoms with Crippen LogP contribution in [0, 0.1) is 34.5 Å². The summed E-state index contributed by atoms with van der Waals surface area (Å²) in [6.45, 7) is 5.08. The first kappa shape index (κ1) is 17.3. The quantitative estimate of drug-likeness (QED) is 0.628. The number of hydrogen-bond acceptors (Lipinski definition) is 1. The molecular weight excluding hydrogens is 316 g/mol. The second kappa shape index (κ2) is 5.84. The monoisotopic (exact) mass is 352 g/mol. The Kier molecular flexibility index (Phi) is 3.88. The molecule has 4 aliphatic carbocycles. The fraction of sp³-hybridized carbons (Fsp3) is 0.760. The van der Waals surface area contributed by atoms with Gasteiger partial charge >= 0.3 is 0 Å². The van der Waals surface area contributed by atoms with Gasteiger partial charge in [0.1, 0.15) is 0 Å². The van der Waals surface area contributed by atoms with Crippen LogP contribution in [-0.4, -0.2) is 5.11 Å². The number of hydrogen-bond donors (Lipinski definition) is 1. The van der Waals surface area contributed by atoms with Crippen LogP contribution in [0.4, 0.5) is 0 Å². The molecule has 26 heavy (non-hydrogen) atoms. The van der Waals surface area contributed by atoms with Gasteiger partial charge in [-0.15, -0.1) is 0 Å². The van der Waals surface area contributed by atoms with E-state index in [1.54, 1.807) is 0 Å². The van der Waals surface area contributed by atoms with E-state index >= 15 is 0 Å². The van der Waals surface area contributed by atoms with E-state index in [0.717, 1.165) is 24.2 Å². The third-order valence-electron chi connectivity index (χ3n) is 9.99. The summed E-state index contributed by atoms with van der Waals surface area (Å²) < 4.78 is 0. The van der Waals surface area contributed by atoms with Crippen molar-refractivity contribution in [3.63, 3.8) is 0 Å². The number of fused-ring (bicyclic) bond motifs is 5. The lowest BCUT2D eigenvalue weighted by Crippen LogP contribution is -2.55. The normalized spacial score (nSPS) is 50.6. The van der Waals surface area contributed by atoms with Crippen molar-refractivity contribution in [2.75, 3.05) is 0 Å². The van der Waals surface area contributed by atoms with Crippen LogP contribution in [0.15, 0.2) is 30.3 Å². The largest absolute Gasteiger partial charge is 0.385 e. The molecular formula is C25H36O. The Balaban J connectivity index is 1.49. The lowest BCUT2D eigenvalue weighted by molar-refractivity contribution is -0.154. The summed E-state index contributed by atoms with van der Waals surface area (Å²) in [6, 6.07) is 10.6. The molecule has 1 aromatic carbocycles. The molecule has 0 unspecified atom stereocenters. The van der Waals surface area contributed by atoms with Crippen LogP contribution in [0.25, 0.3) is 0 Å². The van der Waals surface area contributed by atoms with Crippen molar-refractivity contribution in [2.24, 2.45) is 34.5 Å². The Labute approximate surface area is 159 Å². The van der Waals surface area contributed by atoms with Gasteiger partial charge in [0.2, 0.25) is 0 Å². The predicted octanol–water partition coefficient (Wildman–Crippen LogP) is 6.31. The first-order valence-electron chi connectivity index (χ1n) is 11.3. The van der Waals surface area contributed by atoms with Gasteiger partial charge in [-0.05, 0) is 86.0 Å². The smallest absolute Gasteiger partial charge is 0.0952 e. The van der Waals surface area contributed by atoms with Crippen molar-refractivity contribution in [3.8, 4) is 0 Å².